The van der Waals surface area contributed by atoms with Crippen molar-refractivity contribution in [1.82, 2.24) is 19.6 Å². The minimum atomic E-state index is -0.975. The van der Waals surface area contributed by atoms with Gasteiger partial charge in [-0.05, 0) is 30.7 Å². The number of hydrogen-bond acceptors (Lipinski definition) is 3. The molecule has 6 nitrogen and oxygen atoms in total. The van der Waals surface area contributed by atoms with E-state index in [0.717, 1.165) is 16.3 Å². The van der Waals surface area contributed by atoms with Crippen molar-refractivity contribution in [2.24, 2.45) is 7.05 Å². The van der Waals surface area contributed by atoms with E-state index in [9.17, 15) is 9.18 Å². The summed E-state index contributed by atoms with van der Waals surface area (Å²) in [5, 5.41) is 19.0. The molecule has 0 fully saturated rings. The molecule has 0 aliphatic heterocycles. The molecule has 0 spiro atoms. The third kappa shape index (κ3) is 2.36. The first-order valence-electron chi connectivity index (χ1n) is 7.75. The maximum atomic E-state index is 14.7. The van der Waals surface area contributed by atoms with Gasteiger partial charge in [0.2, 0.25) is 0 Å². The molecule has 0 bridgehead atoms. The zero-order valence-corrected chi connectivity index (χ0v) is 13.7. The smallest absolute Gasteiger partial charge is 0.325 e. The lowest BCUT2D eigenvalue weighted by Crippen LogP contribution is -2.09. The predicted octanol–water partition coefficient (Wildman–Crippen LogP) is 3.12. The molecular formula is C18H15FN4O2. The zero-order chi connectivity index (χ0) is 17.7. The molecule has 7 heteroatoms. The first kappa shape index (κ1) is 15.3. The van der Waals surface area contributed by atoms with Crippen LogP contribution < -0.4 is 0 Å². The Bertz CT molecular complexity index is 1140. The maximum absolute atomic E-state index is 14.7. The van der Waals surface area contributed by atoms with Crippen LogP contribution in [0.2, 0.25) is 0 Å². The van der Waals surface area contributed by atoms with E-state index >= 15 is 0 Å². The van der Waals surface area contributed by atoms with Gasteiger partial charge in [-0.2, -0.15) is 10.2 Å². The van der Waals surface area contributed by atoms with Crippen LogP contribution in [0.3, 0.4) is 0 Å². The molecule has 0 unspecified atom stereocenters. The summed E-state index contributed by atoms with van der Waals surface area (Å²) in [6, 6.07) is 8.63. The number of benzene rings is 2. The molecule has 126 valence electrons. The lowest BCUT2D eigenvalue weighted by Gasteiger charge is -2.08. The highest BCUT2D eigenvalue weighted by molar-refractivity contribution is 5.99. The number of aryl methyl sites for hydroxylation is 2. The average molecular weight is 338 g/mol. The van der Waals surface area contributed by atoms with E-state index in [-0.39, 0.29) is 12.4 Å². The third-order valence-corrected chi connectivity index (χ3v) is 4.36. The second-order valence-corrected chi connectivity index (χ2v) is 6.00. The number of aliphatic carboxylic acids is 1. The van der Waals surface area contributed by atoms with Gasteiger partial charge in [0.05, 0.1) is 22.9 Å². The summed E-state index contributed by atoms with van der Waals surface area (Å²) in [6.07, 6.45) is 1.62. The Kier molecular flexibility index (Phi) is 3.31. The molecule has 2 heterocycles. The fourth-order valence-electron chi connectivity index (χ4n) is 3.27. The highest BCUT2D eigenvalue weighted by Gasteiger charge is 2.17. The number of aromatic nitrogens is 4. The van der Waals surface area contributed by atoms with E-state index < -0.39 is 5.97 Å². The molecule has 0 saturated heterocycles. The van der Waals surface area contributed by atoms with Crippen LogP contribution in [0.1, 0.15) is 5.69 Å². The molecule has 25 heavy (non-hydrogen) atoms. The van der Waals surface area contributed by atoms with Crippen LogP contribution in [-0.4, -0.2) is 30.6 Å². The quantitative estimate of drug-likeness (QED) is 0.623. The molecule has 0 atom stereocenters. The van der Waals surface area contributed by atoms with E-state index in [2.05, 4.69) is 10.2 Å². The van der Waals surface area contributed by atoms with Gasteiger partial charge in [-0.3, -0.25) is 14.2 Å². The number of carboxylic acid groups (broad SMARTS) is 1. The molecule has 2 aromatic heterocycles. The summed E-state index contributed by atoms with van der Waals surface area (Å²) in [6.45, 7) is 1.56. The van der Waals surface area contributed by atoms with Crippen molar-refractivity contribution in [3.63, 3.8) is 0 Å². The number of nitrogens with zero attached hydrogens (tertiary/aromatic N) is 4. The standard InChI is InChI=1S/C18H15FN4O2/c1-10-18-12(4-3-5-15(18)23(21-10)9-17(24)25)13-7-16-11(6-14(13)19)8-20-22(16)2/h3-8H,9H2,1-2H3,(H,24,25). The Morgan fingerprint density at radius 1 is 1.24 bits per heavy atom. The summed E-state index contributed by atoms with van der Waals surface area (Å²) in [5.74, 6) is -1.32. The van der Waals surface area contributed by atoms with Crippen molar-refractivity contribution in [2.45, 2.75) is 13.5 Å². The molecule has 0 amide bonds. The van der Waals surface area contributed by atoms with Crippen molar-refractivity contribution in [2.75, 3.05) is 0 Å². The van der Waals surface area contributed by atoms with Crippen LogP contribution in [0.25, 0.3) is 32.9 Å². The molecule has 4 rings (SSSR count). The molecule has 0 radical (unpaired) electrons. The molecule has 0 aliphatic rings. The Labute approximate surface area is 142 Å². The lowest BCUT2D eigenvalue weighted by atomic mass is 9.98. The van der Waals surface area contributed by atoms with Gasteiger partial charge in [0.1, 0.15) is 12.4 Å². The number of rotatable bonds is 3. The largest absolute Gasteiger partial charge is 0.480 e. The zero-order valence-electron chi connectivity index (χ0n) is 13.7. The molecular weight excluding hydrogens is 323 g/mol. The maximum Gasteiger partial charge on any atom is 0.325 e. The minimum absolute atomic E-state index is 0.239. The van der Waals surface area contributed by atoms with Crippen molar-refractivity contribution in [1.29, 1.82) is 0 Å². The number of halogens is 1. The van der Waals surface area contributed by atoms with Gasteiger partial charge in [-0.1, -0.05) is 12.1 Å². The minimum Gasteiger partial charge on any atom is -0.480 e. The second kappa shape index (κ2) is 5.41. The normalized spacial score (nSPS) is 11.5. The molecule has 0 aliphatic carbocycles. The number of hydrogen-bond donors (Lipinski definition) is 1. The number of fused-ring (bicyclic) bond motifs is 2. The van der Waals surface area contributed by atoms with Gasteiger partial charge < -0.3 is 5.11 Å². The summed E-state index contributed by atoms with van der Waals surface area (Å²) in [5.41, 5.74) is 3.29. The molecule has 0 saturated carbocycles. The SMILES string of the molecule is Cc1nn(CC(=O)O)c2cccc(-c3cc4c(cnn4C)cc3F)c12. The number of carboxylic acids is 1. The summed E-state index contributed by atoms with van der Waals surface area (Å²) >= 11 is 0. The summed E-state index contributed by atoms with van der Waals surface area (Å²) in [7, 11) is 1.81. The van der Waals surface area contributed by atoms with E-state index in [4.69, 9.17) is 5.11 Å². The van der Waals surface area contributed by atoms with Crippen LogP contribution in [0, 0.1) is 12.7 Å². The monoisotopic (exact) mass is 338 g/mol. The highest BCUT2D eigenvalue weighted by atomic mass is 19.1. The van der Waals surface area contributed by atoms with Crippen LogP contribution >= 0.6 is 0 Å². The van der Waals surface area contributed by atoms with Crippen LogP contribution in [0.5, 0.6) is 0 Å². The molecule has 4 aromatic rings. The predicted molar refractivity (Wildman–Crippen MR) is 91.8 cm³/mol. The van der Waals surface area contributed by atoms with Gasteiger partial charge in [0.25, 0.3) is 0 Å². The van der Waals surface area contributed by atoms with E-state index in [1.807, 2.05) is 6.07 Å². The van der Waals surface area contributed by atoms with Crippen LogP contribution in [0.15, 0.2) is 36.5 Å². The Balaban J connectivity index is 2.01. The van der Waals surface area contributed by atoms with Crippen LogP contribution in [-0.2, 0) is 18.4 Å². The fraction of sp³-hybridized carbons (Fsp3) is 0.167. The Hall–Kier alpha value is -3.22. The van der Waals surface area contributed by atoms with Gasteiger partial charge in [0, 0.05) is 23.4 Å². The Morgan fingerprint density at radius 2 is 2.04 bits per heavy atom. The van der Waals surface area contributed by atoms with E-state index in [1.54, 1.807) is 43.0 Å². The average Bonchev–Trinajstić information content (AvgIpc) is 3.07. The van der Waals surface area contributed by atoms with Gasteiger partial charge in [0.15, 0.2) is 0 Å². The van der Waals surface area contributed by atoms with Crippen molar-refractivity contribution in [3.8, 4) is 11.1 Å². The highest BCUT2D eigenvalue weighted by Crippen LogP contribution is 2.34. The van der Waals surface area contributed by atoms with Gasteiger partial charge >= 0.3 is 5.97 Å². The fourth-order valence-corrected chi connectivity index (χ4v) is 3.27. The van der Waals surface area contributed by atoms with E-state index in [1.165, 1.54) is 10.7 Å². The Morgan fingerprint density at radius 3 is 2.80 bits per heavy atom. The summed E-state index contributed by atoms with van der Waals surface area (Å²) < 4.78 is 17.9. The van der Waals surface area contributed by atoms with Crippen molar-refractivity contribution >= 4 is 27.8 Å². The third-order valence-electron chi connectivity index (χ3n) is 4.36. The first-order chi connectivity index (χ1) is 12.0. The molecule has 2 aromatic carbocycles. The van der Waals surface area contributed by atoms with Gasteiger partial charge in [-0.15, -0.1) is 0 Å². The number of carbonyl (C=O) groups is 1. The van der Waals surface area contributed by atoms with Crippen molar-refractivity contribution in [3.05, 3.63) is 48.0 Å². The van der Waals surface area contributed by atoms with Crippen LogP contribution in [0.4, 0.5) is 4.39 Å². The molecule has 1 N–H and O–H groups in total. The topological polar surface area (TPSA) is 72.9 Å². The van der Waals surface area contributed by atoms with Crippen molar-refractivity contribution < 1.29 is 14.3 Å². The summed E-state index contributed by atoms with van der Waals surface area (Å²) in [4.78, 5) is 11.1. The van der Waals surface area contributed by atoms with Gasteiger partial charge in [-0.25, -0.2) is 4.39 Å². The first-order valence-corrected chi connectivity index (χ1v) is 7.75. The second-order valence-electron chi connectivity index (χ2n) is 6.00. The van der Waals surface area contributed by atoms with E-state index in [0.29, 0.717) is 22.3 Å². The lowest BCUT2D eigenvalue weighted by molar-refractivity contribution is -0.137.